The van der Waals surface area contributed by atoms with Gasteiger partial charge in [-0.25, -0.2) is 4.68 Å². The first-order valence-corrected chi connectivity index (χ1v) is 6.13. The quantitative estimate of drug-likeness (QED) is 0.706. The fourth-order valence-corrected chi connectivity index (χ4v) is 2.26. The second-order valence-electron chi connectivity index (χ2n) is 4.30. The van der Waals surface area contributed by atoms with Crippen LogP contribution in [0.1, 0.15) is 11.1 Å². The Morgan fingerprint density at radius 2 is 2.00 bits per heavy atom. The Morgan fingerprint density at radius 1 is 1.17 bits per heavy atom. The summed E-state index contributed by atoms with van der Waals surface area (Å²) in [5, 5.41) is 8.93. The summed E-state index contributed by atoms with van der Waals surface area (Å²) in [7, 11) is 1.89. The van der Waals surface area contributed by atoms with Crippen molar-refractivity contribution in [2.24, 2.45) is 7.05 Å². The Morgan fingerprint density at radius 3 is 2.83 bits per heavy atom. The molecule has 0 atom stereocenters. The van der Waals surface area contributed by atoms with Gasteiger partial charge in [-0.05, 0) is 35.7 Å². The molecule has 0 fully saturated rings. The summed E-state index contributed by atoms with van der Waals surface area (Å²) in [5.41, 5.74) is 4.28. The van der Waals surface area contributed by atoms with E-state index in [1.165, 1.54) is 5.56 Å². The van der Waals surface area contributed by atoms with E-state index in [1.54, 1.807) is 4.68 Å². The van der Waals surface area contributed by atoms with E-state index in [0.717, 1.165) is 28.0 Å². The minimum Gasteiger partial charge on any atom is -0.248 e. The molecule has 0 saturated carbocycles. The van der Waals surface area contributed by atoms with Gasteiger partial charge in [0.2, 0.25) is 0 Å². The number of aryl methyl sites for hydroxylation is 1. The fraction of sp³-hybridized carbons (Fsp3) is 0.143. The van der Waals surface area contributed by atoms with Crippen molar-refractivity contribution >= 4 is 22.6 Å². The number of rotatable bonds is 2. The zero-order valence-corrected chi connectivity index (χ0v) is 10.7. The number of hydrogen-bond donors (Lipinski definition) is 0. The average molecular weight is 258 g/mol. The van der Waals surface area contributed by atoms with Gasteiger partial charge in [-0.3, -0.25) is 0 Å². The van der Waals surface area contributed by atoms with Crippen molar-refractivity contribution in [1.82, 2.24) is 15.0 Å². The molecule has 18 heavy (non-hydrogen) atoms. The van der Waals surface area contributed by atoms with Gasteiger partial charge in [0.05, 0.1) is 5.52 Å². The lowest BCUT2D eigenvalue weighted by atomic mass is 10.0. The SMILES string of the molecule is Cn1nnc2cc(Cc3ccccc3Cl)ccc21. The molecule has 0 unspecified atom stereocenters. The molecule has 0 aliphatic carbocycles. The molecule has 3 aromatic rings. The van der Waals surface area contributed by atoms with E-state index in [0.29, 0.717) is 0 Å². The molecule has 3 nitrogen and oxygen atoms in total. The molecule has 4 heteroatoms. The van der Waals surface area contributed by atoms with Gasteiger partial charge >= 0.3 is 0 Å². The van der Waals surface area contributed by atoms with Crippen LogP contribution >= 0.6 is 11.6 Å². The van der Waals surface area contributed by atoms with Gasteiger partial charge in [0.15, 0.2) is 0 Å². The molecule has 2 aromatic carbocycles. The molecular weight excluding hydrogens is 246 g/mol. The van der Waals surface area contributed by atoms with Crippen LogP contribution in [0, 0.1) is 0 Å². The third-order valence-electron chi connectivity index (χ3n) is 3.03. The largest absolute Gasteiger partial charge is 0.248 e. The van der Waals surface area contributed by atoms with Crippen LogP contribution in [0.2, 0.25) is 5.02 Å². The molecule has 0 bridgehead atoms. The van der Waals surface area contributed by atoms with Crippen LogP contribution < -0.4 is 0 Å². The highest BCUT2D eigenvalue weighted by Crippen LogP contribution is 2.20. The summed E-state index contributed by atoms with van der Waals surface area (Å²) >= 11 is 6.16. The first-order chi connectivity index (χ1) is 8.74. The van der Waals surface area contributed by atoms with Crippen molar-refractivity contribution in [3.05, 3.63) is 58.6 Å². The predicted molar refractivity (Wildman–Crippen MR) is 72.8 cm³/mol. The summed E-state index contributed by atoms with van der Waals surface area (Å²) in [6, 6.07) is 14.1. The van der Waals surface area contributed by atoms with Crippen molar-refractivity contribution in [2.75, 3.05) is 0 Å². The molecular formula is C14H12ClN3. The number of aromatic nitrogens is 3. The molecule has 3 rings (SSSR count). The Labute approximate surface area is 110 Å². The maximum Gasteiger partial charge on any atom is 0.113 e. The zero-order valence-electron chi connectivity index (χ0n) is 9.97. The van der Waals surface area contributed by atoms with Crippen LogP contribution in [0.25, 0.3) is 11.0 Å². The van der Waals surface area contributed by atoms with Crippen LogP contribution in [0.4, 0.5) is 0 Å². The summed E-state index contributed by atoms with van der Waals surface area (Å²) in [4.78, 5) is 0. The number of benzene rings is 2. The minimum absolute atomic E-state index is 0.803. The third kappa shape index (κ3) is 1.97. The average Bonchev–Trinajstić information content (AvgIpc) is 2.74. The summed E-state index contributed by atoms with van der Waals surface area (Å²) in [6.07, 6.45) is 0.812. The first kappa shape index (κ1) is 11.2. The maximum atomic E-state index is 6.16. The number of hydrogen-bond acceptors (Lipinski definition) is 2. The molecule has 0 radical (unpaired) electrons. The predicted octanol–water partition coefficient (Wildman–Crippen LogP) is 3.21. The summed E-state index contributed by atoms with van der Waals surface area (Å²) < 4.78 is 1.77. The Kier molecular flexibility index (Phi) is 2.76. The van der Waals surface area contributed by atoms with Crippen LogP contribution in [0.3, 0.4) is 0 Å². The lowest BCUT2D eigenvalue weighted by Gasteiger charge is -2.04. The second kappa shape index (κ2) is 4.42. The number of halogens is 1. The molecule has 0 aliphatic rings. The normalized spacial score (nSPS) is 11.0. The third-order valence-corrected chi connectivity index (χ3v) is 3.40. The van der Waals surface area contributed by atoms with Gasteiger partial charge in [0.1, 0.15) is 5.52 Å². The van der Waals surface area contributed by atoms with Crippen LogP contribution in [0.15, 0.2) is 42.5 Å². The molecule has 0 saturated heterocycles. The van der Waals surface area contributed by atoms with Crippen molar-refractivity contribution in [3.8, 4) is 0 Å². The summed E-state index contributed by atoms with van der Waals surface area (Å²) in [6.45, 7) is 0. The van der Waals surface area contributed by atoms with E-state index in [2.05, 4.69) is 22.4 Å². The monoisotopic (exact) mass is 257 g/mol. The van der Waals surface area contributed by atoms with Gasteiger partial charge in [0.25, 0.3) is 0 Å². The lowest BCUT2D eigenvalue weighted by molar-refractivity contribution is 0.736. The first-order valence-electron chi connectivity index (χ1n) is 5.76. The van der Waals surface area contributed by atoms with E-state index in [4.69, 9.17) is 11.6 Å². The van der Waals surface area contributed by atoms with Crippen molar-refractivity contribution in [3.63, 3.8) is 0 Å². The van der Waals surface area contributed by atoms with Crippen molar-refractivity contribution < 1.29 is 0 Å². The van der Waals surface area contributed by atoms with Crippen LogP contribution in [-0.4, -0.2) is 15.0 Å². The minimum atomic E-state index is 0.803. The second-order valence-corrected chi connectivity index (χ2v) is 4.71. The molecule has 0 N–H and O–H groups in total. The van der Waals surface area contributed by atoms with E-state index in [-0.39, 0.29) is 0 Å². The van der Waals surface area contributed by atoms with Gasteiger partial charge in [0, 0.05) is 12.1 Å². The Bertz CT molecular complexity index is 703. The van der Waals surface area contributed by atoms with E-state index < -0.39 is 0 Å². The highest BCUT2D eigenvalue weighted by Gasteiger charge is 2.05. The molecule has 1 aromatic heterocycles. The Balaban J connectivity index is 1.98. The van der Waals surface area contributed by atoms with E-state index >= 15 is 0 Å². The van der Waals surface area contributed by atoms with Crippen LogP contribution in [-0.2, 0) is 13.5 Å². The maximum absolute atomic E-state index is 6.16. The molecule has 1 heterocycles. The highest BCUT2D eigenvalue weighted by atomic mass is 35.5. The van der Waals surface area contributed by atoms with Gasteiger partial charge in [-0.1, -0.05) is 41.1 Å². The number of fused-ring (bicyclic) bond motifs is 1. The van der Waals surface area contributed by atoms with E-state index in [1.807, 2.05) is 37.4 Å². The smallest absolute Gasteiger partial charge is 0.113 e. The highest BCUT2D eigenvalue weighted by molar-refractivity contribution is 6.31. The van der Waals surface area contributed by atoms with Crippen molar-refractivity contribution in [2.45, 2.75) is 6.42 Å². The zero-order chi connectivity index (χ0) is 12.5. The molecule has 0 aliphatic heterocycles. The molecule has 0 amide bonds. The standard InChI is InChI=1S/C14H12ClN3/c1-18-14-7-6-10(9-13(14)16-17-18)8-11-4-2-3-5-12(11)15/h2-7,9H,8H2,1H3. The fourth-order valence-electron chi connectivity index (χ4n) is 2.06. The van der Waals surface area contributed by atoms with Gasteiger partial charge in [-0.15, -0.1) is 5.10 Å². The topological polar surface area (TPSA) is 30.7 Å². The molecule has 0 spiro atoms. The van der Waals surface area contributed by atoms with Crippen LogP contribution in [0.5, 0.6) is 0 Å². The lowest BCUT2D eigenvalue weighted by Crippen LogP contribution is -1.91. The number of nitrogens with zero attached hydrogens (tertiary/aromatic N) is 3. The summed E-state index contributed by atoms with van der Waals surface area (Å²) in [5.74, 6) is 0. The van der Waals surface area contributed by atoms with Gasteiger partial charge < -0.3 is 0 Å². The molecule has 90 valence electrons. The Hall–Kier alpha value is -1.87. The van der Waals surface area contributed by atoms with Gasteiger partial charge in [-0.2, -0.15) is 0 Å². The van der Waals surface area contributed by atoms with E-state index in [9.17, 15) is 0 Å². The van der Waals surface area contributed by atoms with Crippen molar-refractivity contribution in [1.29, 1.82) is 0 Å².